The van der Waals surface area contributed by atoms with Gasteiger partial charge >= 0.3 is 0 Å². The van der Waals surface area contributed by atoms with Crippen molar-refractivity contribution in [1.82, 2.24) is 0 Å². The number of benzene rings is 2. The van der Waals surface area contributed by atoms with Gasteiger partial charge in [-0.25, -0.2) is 8.78 Å². The van der Waals surface area contributed by atoms with Crippen LogP contribution in [0.1, 0.15) is 23.3 Å². The Labute approximate surface area is 122 Å². The zero-order valence-electron chi connectivity index (χ0n) is 11.4. The Morgan fingerprint density at radius 3 is 2.35 bits per heavy atom. The SMILES string of the molecule is Cc1ccccc1C(Sc1ccc(F)c(F)c1)C(C)N. The molecule has 2 rings (SSSR count). The van der Waals surface area contributed by atoms with E-state index in [4.69, 9.17) is 5.73 Å². The summed E-state index contributed by atoms with van der Waals surface area (Å²) in [6, 6.07) is 11.8. The molecule has 0 radical (unpaired) electrons. The van der Waals surface area contributed by atoms with Gasteiger partial charge in [0.15, 0.2) is 11.6 Å². The van der Waals surface area contributed by atoms with Crippen molar-refractivity contribution >= 4 is 11.8 Å². The second kappa shape index (κ2) is 6.37. The van der Waals surface area contributed by atoms with Gasteiger partial charge in [0.1, 0.15) is 0 Å². The van der Waals surface area contributed by atoms with Crippen LogP contribution in [0.25, 0.3) is 0 Å². The van der Waals surface area contributed by atoms with Crippen LogP contribution in [0, 0.1) is 18.6 Å². The van der Waals surface area contributed by atoms with Crippen molar-refractivity contribution < 1.29 is 8.78 Å². The highest BCUT2D eigenvalue weighted by Crippen LogP contribution is 2.38. The van der Waals surface area contributed by atoms with E-state index < -0.39 is 11.6 Å². The minimum Gasteiger partial charge on any atom is -0.327 e. The van der Waals surface area contributed by atoms with E-state index in [-0.39, 0.29) is 11.3 Å². The molecule has 0 saturated carbocycles. The summed E-state index contributed by atoms with van der Waals surface area (Å²) < 4.78 is 26.3. The van der Waals surface area contributed by atoms with E-state index in [2.05, 4.69) is 0 Å². The van der Waals surface area contributed by atoms with Crippen LogP contribution in [0.5, 0.6) is 0 Å². The van der Waals surface area contributed by atoms with E-state index in [1.807, 2.05) is 38.1 Å². The predicted molar refractivity (Wildman–Crippen MR) is 79.8 cm³/mol. The Balaban J connectivity index is 2.31. The summed E-state index contributed by atoms with van der Waals surface area (Å²) in [5.41, 5.74) is 8.33. The van der Waals surface area contributed by atoms with Crippen LogP contribution in [0.2, 0.25) is 0 Å². The topological polar surface area (TPSA) is 26.0 Å². The first-order chi connectivity index (χ1) is 9.49. The van der Waals surface area contributed by atoms with E-state index in [1.54, 1.807) is 6.07 Å². The van der Waals surface area contributed by atoms with Crippen LogP contribution in [0.3, 0.4) is 0 Å². The van der Waals surface area contributed by atoms with E-state index in [1.165, 1.54) is 17.8 Å². The van der Waals surface area contributed by atoms with E-state index in [0.717, 1.165) is 17.2 Å². The largest absolute Gasteiger partial charge is 0.327 e. The summed E-state index contributed by atoms with van der Waals surface area (Å²) in [5, 5.41) is 0.000983. The van der Waals surface area contributed by atoms with Crippen molar-refractivity contribution in [3.8, 4) is 0 Å². The minimum absolute atomic E-state index is 0.000983. The number of rotatable bonds is 4. The molecule has 1 nitrogen and oxygen atoms in total. The molecule has 0 spiro atoms. The third kappa shape index (κ3) is 3.38. The summed E-state index contributed by atoms with van der Waals surface area (Å²) in [5.74, 6) is -1.66. The molecule has 4 heteroatoms. The van der Waals surface area contributed by atoms with Gasteiger partial charge in [0.25, 0.3) is 0 Å². The highest BCUT2D eigenvalue weighted by molar-refractivity contribution is 7.99. The molecule has 0 bridgehead atoms. The summed E-state index contributed by atoms with van der Waals surface area (Å²) in [4.78, 5) is 0.675. The lowest BCUT2D eigenvalue weighted by Gasteiger charge is -2.22. The molecule has 2 atom stereocenters. The van der Waals surface area contributed by atoms with Crippen LogP contribution < -0.4 is 5.73 Å². The van der Waals surface area contributed by atoms with Gasteiger partial charge in [0, 0.05) is 16.2 Å². The lowest BCUT2D eigenvalue weighted by Crippen LogP contribution is -2.23. The van der Waals surface area contributed by atoms with Gasteiger partial charge in [-0.15, -0.1) is 11.8 Å². The smallest absolute Gasteiger partial charge is 0.159 e. The van der Waals surface area contributed by atoms with Gasteiger partial charge in [0.05, 0.1) is 0 Å². The summed E-state index contributed by atoms with van der Waals surface area (Å²) in [6.45, 7) is 3.94. The van der Waals surface area contributed by atoms with Crippen molar-refractivity contribution in [3.05, 3.63) is 65.2 Å². The van der Waals surface area contributed by atoms with Crippen LogP contribution in [-0.4, -0.2) is 6.04 Å². The lowest BCUT2D eigenvalue weighted by atomic mass is 10.0. The lowest BCUT2D eigenvalue weighted by molar-refractivity contribution is 0.506. The molecule has 0 aromatic heterocycles. The first-order valence-electron chi connectivity index (χ1n) is 6.42. The Morgan fingerprint density at radius 1 is 1.05 bits per heavy atom. The molecule has 0 aliphatic rings. The van der Waals surface area contributed by atoms with Crippen LogP contribution in [0.4, 0.5) is 8.78 Å². The highest BCUT2D eigenvalue weighted by Gasteiger charge is 2.20. The van der Waals surface area contributed by atoms with Crippen molar-refractivity contribution in [1.29, 1.82) is 0 Å². The maximum Gasteiger partial charge on any atom is 0.159 e. The van der Waals surface area contributed by atoms with Crippen LogP contribution >= 0.6 is 11.8 Å². The van der Waals surface area contributed by atoms with Gasteiger partial charge < -0.3 is 5.73 Å². The molecule has 2 aromatic carbocycles. The second-order valence-corrected chi connectivity index (χ2v) is 6.05. The van der Waals surface area contributed by atoms with Gasteiger partial charge in [-0.3, -0.25) is 0 Å². The number of hydrogen-bond acceptors (Lipinski definition) is 2. The average molecular weight is 293 g/mol. The second-order valence-electron chi connectivity index (χ2n) is 4.83. The molecule has 2 aromatic rings. The molecule has 20 heavy (non-hydrogen) atoms. The zero-order chi connectivity index (χ0) is 14.7. The molecule has 106 valence electrons. The molecule has 0 aliphatic carbocycles. The summed E-state index contributed by atoms with van der Waals surface area (Å²) >= 11 is 1.46. The number of hydrogen-bond donors (Lipinski definition) is 1. The first kappa shape index (κ1) is 15.0. The van der Waals surface area contributed by atoms with Crippen molar-refractivity contribution in [2.24, 2.45) is 5.73 Å². The standard InChI is InChI=1S/C16H17F2NS/c1-10-5-3-4-6-13(10)16(11(2)19)20-12-7-8-14(17)15(18)9-12/h3-9,11,16H,19H2,1-2H3. The molecule has 0 fully saturated rings. The van der Waals surface area contributed by atoms with E-state index >= 15 is 0 Å². The fraction of sp³-hybridized carbons (Fsp3) is 0.250. The Kier molecular flexibility index (Phi) is 4.78. The third-order valence-corrected chi connectivity index (χ3v) is 4.59. The maximum atomic E-state index is 13.3. The first-order valence-corrected chi connectivity index (χ1v) is 7.30. The highest BCUT2D eigenvalue weighted by atomic mass is 32.2. The van der Waals surface area contributed by atoms with Gasteiger partial charge in [-0.05, 0) is 43.2 Å². The molecule has 2 N–H and O–H groups in total. The normalized spacial score (nSPS) is 14.1. The molecule has 0 heterocycles. The molecule has 0 amide bonds. The van der Waals surface area contributed by atoms with Crippen molar-refractivity contribution in [2.75, 3.05) is 0 Å². The Morgan fingerprint density at radius 2 is 1.75 bits per heavy atom. The molecule has 0 saturated heterocycles. The number of thioether (sulfide) groups is 1. The molecular weight excluding hydrogens is 276 g/mol. The number of halogens is 2. The zero-order valence-corrected chi connectivity index (χ0v) is 12.3. The molecular formula is C16H17F2NS. The maximum absolute atomic E-state index is 13.3. The third-order valence-electron chi connectivity index (χ3n) is 3.13. The van der Waals surface area contributed by atoms with Crippen molar-refractivity contribution in [3.63, 3.8) is 0 Å². The Hall–Kier alpha value is -1.39. The number of nitrogens with two attached hydrogens (primary N) is 1. The number of aryl methyl sites for hydroxylation is 1. The van der Waals surface area contributed by atoms with Gasteiger partial charge in [-0.2, -0.15) is 0 Å². The molecule has 0 aliphatic heterocycles. The minimum atomic E-state index is -0.831. The van der Waals surface area contributed by atoms with Crippen molar-refractivity contribution in [2.45, 2.75) is 30.0 Å². The van der Waals surface area contributed by atoms with Crippen LogP contribution in [-0.2, 0) is 0 Å². The van der Waals surface area contributed by atoms with Gasteiger partial charge in [0.2, 0.25) is 0 Å². The fourth-order valence-corrected chi connectivity index (χ4v) is 3.27. The van der Waals surface area contributed by atoms with Crippen LogP contribution in [0.15, 0.2) is 47.4 Å². The van der Waals surface area contributed by atoms with E-state index in [9.17, 15) is 8.78 Å². The Bertz CT molecular complexity index is 599. The fourth-order valence-electron chi connectivity index (χ4n) is 2.06. The predicted octanol–water partition coefficient (Wildman–Crippen LogP) is 4.45. The average Bonchev–Trinajstić information content (AvgIpc) is 2.41. The van der Waals surface area contributed by atoms with Gasteiger partial charge in [-0.1, -0.05) is 24.3 Å². The summed E-state index contributed by atoms with van der Waals surface area (Å²) in [7, 11) is 0. The monoisotopic (exact) mass is 293 g/mol. The summed E-state index contributed by atoms with van der Waals surface area (Å²) in [6.07, 6.45) is 0. The quantitative estimate of drug-likeness (QED) is 0.843. The van der Waals surface area contributed by atoms with E-state index in [0.29, 0.717) is 4.90 Å². The molecule has 2 unspecified atom stereocenters.